The molecule has 0 radical (unpaired) electrons. The normalized spacial score (nSPS) is 24.2. The Morgan fingerprint density at radius 1 is 1.44 bits per heavy atom. The van der Waals surface area contributed by atoms with Crippen molar-refractivity contribution in [2.24, 2.45) is 5.41 Å². The molecule has 1 aromatic carbocycles. The summed E-state index contributed by atoms with van der Waals surface area (Å²) in [5, 5.41) is 13.0. The molecule has 1 fully saturated rings. The summed E-state index contributed by atoms with van der Waals surface area (Å²) in [6.45, 7) is 6.07. The molecule has 1 aliphatic rings. The zero-order valence-corrected chi connectivity index (χ0v) is 9.86. The van der Waals surface area contributed by atoms with Gasteiger partial charge >= 0.3 is 0 Å². The summed E-state index contributed by atoms with van der Waals surface area (Å²) in [6, 6.07) is 7.40. The fourth-order valence-electron chi connectivity index (χ4n) is 1.84. The van der Waals surface area contributed by atoms with Crippen molar-refractivity contribution < 1.29 is 9.84 Å². The number of hydrogen-bond acceptors (Lipinski definition) is 3. The summed E-state index contributed by atoms with van der Waals surface area (Å²) in [5.74, 6) is 0.345. The van der Waals surface area contributed by atoms with Crippen molar-refractivity contribution in [2.75, 3.05) is 13.2 Å². The van der Waals surface area contributed by atoms with Gasteiger partial charge in [-0.2, -0.15) is 0 Å². The molecule has 1 aromatic rings. The van der Waals surface area contributed by atoms with Gasteiger partial charge in [0.2, 0.25) is 0 Å². The molecule has 2 rings (SSSR count). The molecule has 2 N–H and O–H groups in total. The van der Waals surface area contributed by atoms with Crippen LogP contribution in [0.1, 0.15) is 19.4 Å². The molecule has 0 aliphatic carbocycles. The number of phenols is 1. The first-order valence-electron chi connectivity index (χ1n) is 5.69. The van der Waals surface area contributed by atoms with Crippen LogP contribution in [0.3, 0.4) is 0 Å². The number of aromatic hydroxyl groups is 1. The fraction of sp³-hybridized carbons (Fsp3) is 0.538. The van der Waals surface area contributed by atoms with E-state index in [9.17, 15) is 5.11 Å². The molecular weight excluding hydrogens is 202 g/mol. The molecule has 3 nitrogen and oxygen atoms in total. The zero-order chi connectivity index (χ0) is 11.6. The van der Waals surface area contributed by atoms with Gasteiger partial charge in [0.15, 0.2) is 0 Å². The monoisotopic (exact) mass is 221 g/mol. The summed E-state index contributed by atoms with van der Waals surface area (Å²) < 4.78 is 5.73. The van der Waals surface area contributed by atoms with E-state index < -0.39 is 0 Å². The summed E-state index contributed by atoms with van der Waals surface area (Å²) in [5.41, 5.74) is 1.13. The Hall–Kier alpha value is -1.06. The lowest BCUT2D eigenvalue weighted by Crippen LogP contribution is -2.48. The van der Waals surface area contributed by atoms with E-state index in [0.717, 1.165) is 18.7 Å². The first kappa shape index (κ1) is 11.4. The molecule has 0 saturated carbocycles. The SMILES string of the molecule is CC1(C)CNC(Cc2ccccc2O)OC1. The van der Waals surface area contributed by atoms with E-state index in [0.29, 0.717) is 12.2 Å². The highest BCUT2D eigenvalue weighted by atomic mass is 16.5. The molecule has 16 heavy (non-hydrogen) atoms. The molecule has 1 aliphatic heterocycles. The number of ether oxygens (including phenoxy) is 1. The predicted molar refractivity (Wildman–Crippen MR) is 63.3 cm³/mol. The molecule has 0 amide bonds. The maximum Gasteiger partial charge on any atom is 0.118 e. The van der Waals surface area contributed by atoms with Gasteiger partial charge in [-0.1, -0.05) is 32.0 Å². The van der Waals surface area contributed by atoms with Gasteiger partial charge < -0.3 is 9.84 Å². The third-order valence-electron chi connectivity index (χ3n) is 2.88. The molecule has 88 valence electrons. The van der Waals surface area contributed by atoms with E-state index in [1.165, 1.54) is 0 Å². The Balaban J connectivity index is 1.95. The maximum atomic E-state index is 9.66. The van der Waals surface area contributed by atoms with Crippen molar-refractivity contribution in [2.45, 2.75) is 26.5 Å². The zero-order valence-electron chi connectivity index (χ0n) is 9.86. The second-order valence-electron chi connectivity index (χ2n) is 5.18. The highest BCUT2D eigenvalue weighted by molar-refractivity contribution is 5.32. The van der Waals surface area contributed by atoms with Crippen LogP contribution < -0.4 is 5.32 Å². The number of benzene rings is 1. The van der Waals surface area contributed by atoms with Crippen molar-refractivity contribution in [1.29, 1.82) is 0 Å². The summed E-state index contributed by atoms with van der Waals surface area (Å²) in [4.78, 5) is 0. The first-order valence-corrected chi connectivity index (χ1v) is 5.69. The molecule has 1 heterocycles. The van der Waals surface area contributed by atoms with Crippen molar-refractivity contribution in [3.63, 3.8) is 0 Å². The average Bonchev–Trinajstić information content (AvgIpc) is 2.24. The van der Waals surface area contributed by atoms with Gasteiger partial charge in [0.05, 0.1) is 6.61 Å². The van der Waals surface area contributed by atoms with Crippen LogP contribution in [0.5, 0.6) is 5.75 Å². The quantitative estimate of drug-likeness (QED) is 0.801. The van der Waals surface area contributed by atoms with Crippen LogP contribution >= 0.6 is 0 Å². The molecule has 0 bridgehead atoms. The van der Waals surface area contributed by atoms with Crippen molar-refractivity contribution in [3.05, 3.63) is 29.8 Å². The summed E-state index contributed by atoms with van der Waals surface area (Å²) >= 11 is 0. The van der Waals surface area contributed by atoms with E-state index in [2.05, 4.69) is 19.2 Å². The molecule has 0 spiro atoms. The van der Waals surface area contributed by atoms with Gasteiger partial charge in [0.1, 0.15) is 12.0 Å². The largest absolute Gasteiger partial charge is 0.508 e. The second kappa shape index (κ2) is 4.44. The van der Waals surface area contributed by atoms with Crippen molar-refractivity contribution in [3.8, 4) is 5.75 Å². The van der Waals surface area contributed by atoms with Crippen LogP contribution in [-0.4, -0.2) is 24.5 Å². The number of phenolic OH excluding ortho intramolecular Hbond substituents is 1. The van der Waals surface area contributed by atoms with Crippen LogP contribution in [0, 0.1) is 5.41 Å². The lowest BCUT2D eigenvalue weighted by atomic mass is 9.93. The predicted octanol–water partition coefficient (Wildman–Crippen LogP) is 1.91. The van der Waals surface area contributed by atoms with E-state index in [4.69, 9.17) is 4.74 Å². The van der Waals surface area contributed by atoms with E-state index in [1.54, 1.807) is 6.07 Å². The molecule has 1 atom stereocenters. The Kier molecular flexibility index (Phi) is 3.17. The first-order chi connectivity index (χ1) is 7.57. The van der Waals surface area contributed by atoms with Crippen LogP contribution in [0.25, 0.3) is 0 Å². The van der Waals surface area contributed by atoms with Crippen LogP contribution in [0.2, 0.25) is 0 Å². The van der Waals surface area contributed by atoms with Crippen LogP contribution in [-0.2, 0) is 11.2 Å². The van der Waals surface area contributed by atoms with Crippen LogP contribution in [0.15, 0.2) is 24.3 Å². The van der Waals surface area contributed by atoms with E-state index in [1.807, 2.05) is 18.2 Å². The minimum atomic E-state index is 0.0151. The molecule has 1 saturated heterocycles. The molecular formula is C13H19NO2. The molecule has 1 unspecified atom stereocenters. The standard InChI is InChI=1S/C13H19NO2/c1-13(2)8-14-12(16-9-13)7-10-5-3-4-6-11(10)15/h3-6,12,14-15H,7-9H2,1-2H3. The van der Waals surface area contributed by atoms with Gasteiger partial charge in [-0.05, 0) is 11.6 Å². The minimum Gasteiger partial charge on any atom is -0.508 e. The van der Waals surface area contributed by atoms with Gasteiger partial charge in [-0.25, -0.2) is 0 Å². The van der Waals surface area contributed by atoms with Gasteiger partial charge in [-0.3, -0.25) is 5.32 Å². The van der Waals surface area contributed by atoms with Crippen molar-refractivity contribution >= 4 is 0 Å². The Morgan fingerprint density at radius 3 is 2.81 bits per heavy atom. The van der Waals surface area contributed by atoms with Gasteiger partial charge in [0.25, 0.3) is 0 Å². The minimum absolute atomic E-state index is 0.0151. The third kappa shape index (κ3) is 2.74. The number of rotatable bonds is 2. The van der Waals surface area contributed by atoms with Gasteiger partial charge in [-0.15, -0.1) is 0 Å². The Morgan fingerprint density at radius 2 is 2.19 bits per heavy atom. The van der Waals surface area contributed by atoms with E-state index >= 15 is 0 Å². The maximum absolute atomic E-state index is 9.66. The topological polar surface area (TPSA) is 41.5 Å². The van der Waals surface area contributed by atoms with Crippen LogP contribution in [0.4, 0.5) is 0 Å². The summed E-state index contributed by atoms with van der Waals surface area (Å²) in [7, 11) is 0. The lowest BCUT2D eigenvalue weighted by molar-refractivity contribution is -0.0568. The number of hydrogen-bond donors (Lipinski definition) is 2. The highest BCUT2D eigenvalue weighted by Crippen LogP contribution is 2.23. The molecule has 0 aromatic heterocycles. The fourth-order valence-corrected chi connectivity index (χ4v) is 1.84. The lowest BCUT2D eigenvalue weighted by Gasteiger charge is -2.35. The smallest absolute Gasteiger partial charge is 0.118 e. The Bertz CT molecular complexity index is 353. The van der Waals surface area contributed by atoms with E-state index in [-0.39, 0.29) is 11.6 Å². The van der Waals surface area contributed by atoms with Gasteiger partial charge in [0, 0.05) is 18.4 Å². The average molecular weight is 221 g/mol. The summed E-state index contributed by atoms with van der Waals surface area (Å²) in [6.07, 6.45) is 0.726. The van der Waals surface area contributed by atoms with Crippen molar-refractivity contribution in [1.82, 2.24) is 5.32 Å². The highest BCUT2D eigenvalue weighted by Gasteiger charge is 2.27. The third-order valence-corrected chi connectivity index (χ3v) is 2.88. The number of nitrogens with one attached hydrogen (secondary N) is 1. The Labute approximate surface area is 96.4 Å². The second-order valence-corrected chi connectivity index (χ2v) is 5.18. The molecule has 3 heteroatoms. The number of para-hydroxylation sites is 1.